The highest BCUT2D eigenvalue weighted by Gasteiger charge is 2.06. The largest absolute Gasteiger partial charge is 0.381 e. The molecule has 0 aliphatic rings. The van der Waals surface area contributed by atoms with Gasteiger partial charge in [0.1, 0.15) is 6.54 Å². The number of anilines is 2. The van der Waals surface area contributed by atoms with Crippen LogP contribution < -0.4 is 11.1 Å². The number of nitrogens with two attached hydrogens (primary N) is 1. The Morgan fingerprint density at radius 1 is 1.47 bits per heavy atom. The third-order valence-electron chi connectivity index (χ3n) is 2.48. The van der Waals surface area contributed by atoms with Crippen LogP contribution in [0.25, 0.3) is 10.2 Å². The molecule has 0 spiro atoms. The second-order valence-electron chi connectivity index (χ2n) is 3.92. The van der Waals surface area contributed by atoms with Gasteiger partial charge in [0, 0.05) is 5.69 Å². The topological polar surface area (TPSA) is 98.7 Å². The fraction of sp³-hybridized carbons (Fsp3) is 0.0909. The smallest absolute Gasteiger partial charge is 0.246 e. The molecule has 7 nitrogen and oxygen atoms in total. The minimum atomic E-state index is -0.186. The van der Waals surface area contributed by atoms with Gasteiger partial charge in [0.2, 0.25) is 5.91 Å². The van der Waals surface area contributed by atoms with Gasteiger partial charge in [0.25, 0.3) is 0 Å². The summed E-state index contributed by atoms with van der Waals surface area (Å²) in [6.07, 6.45) is 1.51. The molecule has 1 amide bonds. The van der Waals surface area contributed by atoms with Crippen LogP contribution in [0, 0.1) is 0 Å². The standard InChI is InChI=1S/C11H10N6OS/c12-10-4-17(16-15-10)5-11(18)14-7-1-2-8-9(3-7)19-6-13-8/h1-4,6H,5,12H2,(H,14,18). The van der Waals surface area contributed by atoms with Crippen molar-refractivity contribution in [1.82, 2.24) is 20.0 Å². The molecule has 2 aromatic heterocycles. The van der Waals surface area contributed by atoms with Gasteiger partial charge >= 0.3 is 0 Å². The number of benzene rings is 1. The lowest BCUT2D eigenvalue weighted by Crippen LogP contribution is -2.19. The van der Waals surface area contributed by atoms with E-state index < -0.39 is 0 Å². The molecule has 3 rings (SSSR count). The minimum Gasteiger partial charge on any atom is -0.381 e. The first kappa shape index (κ1) is 11.6. The molecular weight excluding hydrogens is 264 g/mol. The Hall–Kier alpha value is -2.48. The zero-order valence-electron chi connectivity index (χ0n) is 9.78. The van der Waals surface area contributed by atoms with Crippen LogP contribution >= 0.6 is 11.3 Å². The quantitative estimate of drug-likeness (QED) is 0.745. The molecule has 19 heavy (non-hydrogen) atoms. The van der Waals surface area contributed by atoms with Crippen molar-refractivity contribution in [3.05, 3.63) is 29.9 Å². The number of thiazole rings is 1. The zero-order chi connectivity index (χ0) is 13.2. The summed E-state index contributed by atoms with van der Waals surface area (Å²) in [5, 5.41) is 10.1. The molecule has 0 unspecified atom stereocenters. The second kappa shape index (κ2) is 4.65. The number of nitrogen functional groups attached to an aromatic ring is 1. The number of hydrogen-bond donors (Lipinski definition) is 2. The Morgan fingerprint density at radius 2 is 2.37 bits per heavy atom. The number of nitrogens with zero attached hydrogens (tertiary/aromatic N) is 4. The summed E-state index contributed by atoms with van der Waals surface area (Å²) in [6, 6.07) is 5.57. The average Bonchev–Trinajstić information content (AvgIpc) is 2.97. The van der Waals surface area contributed by atoms with Crippen LogP contribution in [0.4, 0.5) is 11.5 Å². The maximum absolute atomic E-state index is 11.8. The average molecular weight is 274 g/mol. The number of carbonyl (C=O) groups excluding carboxylic acids is 1. The van der Waals surface area contributed by atoms with Crippen LogP contribution in [-0.2, 0) is 11.3 Å². The van der Waals surface area contributed by atoms with Gasteiger partial charge in [-0.2, -0.15) is 0 Å². The van der Waals surface area contributed by atoms with Crippen molar-refractivity contribution in [2.75, 3.05) is 11.1 Å². The first-order valence-corrected chi connectivity index (χ1v) is 6.37. The van der Waals surface area contributed by atoms with Crippen LogP contribution in [0.5, 0.6) is 0 Å². The second-order valence-corrected chi connectivity index (χ2v) is 4.81. The molecule has 0 atom stereocenters. The highest BCUT2D eigenvalue weighted by Crippen LogP contribution is 2.21. The Labute approximate surface area is 112 Å². The van der Waals surface area contributed by atoms with Gasteiger partial charge in [-0.1, -0.05) is 5.21 Å². The molecule has 8 heteroatoms. The van der Waals surface area contributed by atoms with Crippen molar-refractivity contribution < 1.29 is 4.79 Å². The summed E-state index contributed by atoms with van der Waals surface area (Å²) >= 11 is 1.53. The highest BCUT2D eigenvalue weighted by atomic mass is 32.1. The zero-order valence-corrected chi connectivity index (χ0v) is 10.6. The van der Waals surface area contributed by atoms with E-state index in [1.807, 2.05) is 18.2 Å². The van der Waals surface area contributed by atoms with Crippen molar-refractivity contribution in [1.29, 1.82) is 0 Å². The Kier molecular flexibility index (Phi) is 2.84. The SMILES string of the molecule is Nc1cn(CC(=O)Nc2ccc3ncsc3c2)nn1. The van der Waals surface area contributed by atoms with Crippen LogP contribution in [0.3, 0.4) is 0 Å². The van der Waals surface area contributed by atoms with E-state index in [0.29, 0.717) is 5.82 Å². The van der Waals surface area contributed by atoms with Gasteiger partial charge < -0.3 is 11.1 Å². The third-order valence-corrected chi connectivity index (χ3v) is 3.27. The summed E-state index contributed by atoms with van der Waals surface area (Å²) in [6.45, 7) is 0.0743. The molecule has 0 bridgehead atoms. The van der Waals surface area contributed by atoms with Gasteiger partial charge in [-0.05, 0) is 18.2 Å². The number of aromatic nitrogens is 4. The maximum Gasteiger partial charge on any atom is 0.246 e. The summed E-state index contributed by atoms with van der Waals surface area (Å²) in [7, 11) is 0. The molecule has 0 saturated heterocycles. The summed E-state index contributed by atoms with van der Waals surface area (Å²) in [4.78, 5) is 16.0. The summed E-state index contributed by atoms with van der Waals surface area (Å²) in [5.41, 5.74) is 8.85. The van der Waals surface area contributed by atoms with E-state index in [2.05, 4.69) is 20.6 Å². The van der Waals surface area contributed by atoms with E-state index in [9.17, 15) is 4.79 Å². The van der Waals surface area contributed by atoms with Gasteiger partial charge in [-0.3, -0.25) is 4.79 Å². The van der Waals surface area contributed by atoms with Crippen molar-refractivity contribution in [3.63, 3.8) is 0 Å². The first-order chi connectivity index (χ1) is 9.20. The predicted molar refractivity (Wildman–Crippen MR) is 72.7 cm³/mol. The van der Waals surface area contributed by atoms with E-state index in [1.165, 1.54) is 22.2 Å². The Bertz CT molecular complexity index is 733. The van der Waals surface area contributed by atoms with E-state index in [0.717, 1.165) is 15.9 Å². The van der Waals surface area contributed by atoms with Crippen LogP contribution in [-0.4, -0.2) is 25.9 Å². The van der Waals surface area contributed by atoms with Crippen molar-refractivity contribution in [2.24, 2.45) is 0 Å². The number of carbonyl (C=O) groups is 1. The Balaban J connectivity index is 1.71. The van der Waals surface area contributed by atoms with Gasteiger partial charge in [-0.25, -0.2) is 9.67 Å². The lowest BCUT2D eigenvalue weighted by atomic mass is 10.3. The molecule has 0 fully saturated rings. The summed E-state index contributed by atoms with van der Waals surface area (Å²) < 4.78 is 2.42. The van der Waals surface area contributed by atoms with E-state index in [-0.39, 0.29) is 12.5 Å². The van der Waals surface area contributed by atoms with Crippen LogP contribution in [0.15, 0.2) is 29.9 Å². The number of rotatable bonds is 3. The Morgan fingerprint density at radius 3 is 3.16 bits per heavy atom. The lowest BCUT2D eigenvalue weighted by Gasteiger charge is -2.04. The van der Waals surface area contributed by atoms with Crippen molar-refractivity contribution in [3.8, 4) is 0 Å². The van der Waals surface area contributed by atoms with Gasteiger partial charge in [0.15, 0.2) is 5.82 Å². The molecule has 96 valence electrons. The molecular formula is C11H10N6OS. The third kappa shape index (κ3) is 2.52. The van der Waals surface area contributed by atoms with Gasteiger partial charge in [0.05, 0.1) is 21.9 Å². The monoisotopic (exact) mass is 274 g/mol. The fourth-order valence-electron chi connectivity index (χ4n) is 1.67. The molecule has 0 aliphatic carbocycles. The highest BCUT2D eigenvalue weighted by molar-refractivity contribution is 7.16. The number of hydrogen-bond acceptors (Lipinski definition) is 6. The van der Waals surface area contributed by atoms with Crippen molar-refractivity contribution in [2.45, 2.75) is 6.54 Å². The van der Waals surface area contributed by atoms with E-state index in [4.69, 9.17) is 5.73 Å². The fourth-order valence-corrected chi connectivity index (χ4v) is 2.39. The minimum absolute atomic E-state index is 0.0743. The van der Waals surface area contributed by atoms with Crippen molar-refractivity contribution >= 4 is 39.0 Å². The molecule has 3 aromatic rings. The molecule has 2 heterocycles. The number of fused-ring (bicyclic) bond motifs is 1. The van der Waals surface area contributed by atoms with Crippen LogP contribution in [0.1, 0.15) is 0 Å². The number of amides is 1. The lowest BCUT2D eigenvalue weighted by molar-refractivity contribution is -0.116. The molecule has 1 aromatic carbocycles. The molecule has 3 N–H and O–H groups in total. The predicted octanol–water partition coefficient (Wildman–Crippen LogP) is 1.11. The molecule has 0 aliphatic heterocycles. The number of nitrogens with one attached hydrogen (secondary N) is 1. The molecule has 0 radical (unpaired) electrons. The van der Waals surface area contributed by atoms with E-state index >= 15 is 0 Å². The normalized spacial score (nSPS) is 10.7. The van der Waals surface area contributed by atoms with E-state index in [1.54, 1.807) is 5.51 Å². The maximum atomic E-state index is 11.8. The summed E-state index contributed by atoms with van der Waals surface area (Å²) in [5.74, 6) is 0.104. The van der Waals surface area contributed by atoms with Gasteiger partial charge in [-0.15, -0.1) is 16.4 Å². The first-order valence-electron chi connectivity index (χ1n) is 5.49. The van der Waals surface area contributed by atoms with Crippen LogP contribution in [0.2, 0.25) is 0 Å². The molecule has 0 saturated carbocycles.